The van der Waals surface area contributed by atoms with Crippen LogP contribution in [0.3, 0.4) is 0 Å². The Hall–Kier alpha value is -1.83. The number of hydrogen-bond donors (Lipinski definition) is 4. The normalized spacial score (nSPS) is 13.7. The zero-order chi connectivity index (χ0) is 15.0. The van der Waals surface area contributed by atoms with Gasteiger partial charge in [-0.15, -0.1) is 0 Å². The fourth-order valence-electron chi connectivity index (χ4n) is 1.32. The number of rotatable bonds is 8. The van der Waals surface area contributed by atoms with Gasteiger partial charge in [0.1, 0.15) is 6.04 Å². The van der Waals surface area contributed by atoms with Gasteiger partial charge in [0, 0.05) is 7.11 Å². The summed E-state index contributed by atoms with van der Waals surface area (Å²) >= 11 is 0. The summed E-state index contributed by atoms with van der Waals surface area (Å²) in [6, 6.07) is -2.48. The van der Waals surface area contributed by atoms with Crippen molar-refractivity contribution in [1.82, 2.24) is 10.6 Å². The monoisotopic (exact) mass is 276 g/mol. The molecule has 0 heterocycles. The van der Waals surface area contributed by atoms with Crippen molar-refractivity contribution in [3.05, 3.63) is 0 Å². The van der Waals surface area contributed by atoms with Gasteiger partial charge in [-0.2, -0.15) is 0 Å². The van der Waals surface area contributed by atoms with Crippen LogP contribution in [-0.4, -0.2) is 54.0 Å². The average Bonchev–Trinajstić information content (AvgIpc) is 2.26. The minimum absolute atomic E-state index is 0.0912. The average molecular weight is 276 g/mol. The molecule has 4 N–H and O–H groups in total. The van der Waals surface area contributed by atoms with Gasteiger partial charge in [-0.05, 0) is 5.92 Å². The zero-order valence-electron chi connectivity index (χ0n) is 11.2. The molecule has 0 radical (unpaired) electrons. The fourth-order valence-corrected chi connectivity index (χ4v) is 1.32. The second-order valence-corrected chi connectivity index (χ2v) is 4.41. The molecule has 0 rings (SSSR count). The lowest BCUT2D eigenvalue weighted by molar-refractivity contribution is -0.145. The Bertz CT molecular complexity index is 331. The summed E-state index contributed by atoms with van der Waals surface area (Å²) in [5.74, 6) is -2.61. The summed E-state index contributed by atoms with van der Waals surface area (Å²) in [5, 5.41) is 22.0. The third kappa shape index (κ3) is 7.24. The fraction of sp³-hybridized carbons (Fsp3) is 0.727. The van der Waals surface area contributed by atoms with Gasteiger partial charge in [0.2, 0.25) is 0 Å². The molecular weight excluding hydrogens is 256 g/mol. The Morgan fingerprint density at radius 1 is 1.16 bits per heavy atom. The molecular formula is C11H20N2O6. The number of nitrogens with one attached hydrogen (secondary N) is 2. The largest absolute Gasteiger partial charge is 0.481 e. The lowest BCUT2D eigenvalue weighted by Gasteiger charge is -2.22. The molecule has 0 aliphatic rings. The molecule has 8 nitrogen and oxygen atoms in total. The van der Waals surface area contributed by atoms with Crippen molar-refractivity contribution in [1.29, 1.82) is 0 Å². The first-order valence-electron chi connectivity index (χ1n) is 5.78. The molecule has 0 aliphatic carbocycles. The molecule has 19 heavy (non-hydrogen) atoms. The van der Waals surface area contributed by atoms with Gasteiger partial charge < -0.3 is 25.6 Å². The second-order valence-electron chi connectivity index (χ2n) is 4.41. The van der Waals surface area contributed by atoms with Crippen molar-refractivity contribution >= 4 is 18.0 Å². The van der Waals surface area contributed by atoms with Crippen LogP contribution in [-0.2, 0) is 14.3 Å². The zero-order valence-corrected chi connectivity index (χ0v) is 11.2. The number of hydrogen-bond acceptors (Lipinski definition) is 4. The first-order chi connectivity index (χ1) is 8.77. The highest BCUT2D eigenvalue weighted by Crippen LogP contribution is 2.02. The lowest BCUT2D eigenvalue weighted by atomic mass is 10.1. The van der Waals surface area contributed by atoms with Gasteiger partial charge in [0.05, 0.1) is 19.1 Å². The van der Waals surface area contributed by atoms with E-state index in [1.807, 2.05) is 13.8 Å². The number of carbonyl (C=O) groups excluding carboxylic acids is 1. The predicted octanol–water partition coefficient (Wildman–Crippen LogP) is -0.115. The third-order valence-corrected chi connectivity index (χ3v) is 2.45. The van der Waals surface area contributed by atoms with Gasteiger partial charge in [-0.1, -0.05) is 13.8 Å². The number of carbonyl (C=O) groups is 3. The van der Waals surface area contributed by atoms with E-state index in [1.54, 1.807) is 0 Å². The first kappa shape index (κ1) is 17.2. The Morgan fingerprint density at radius 2 is 1.74 bits per heavy atom. The van der Waals surface area contributed by atoms with Gasteiger partial charge in [-0.3, -0.25) is 4.79 Å². The van der Waals surface area contributed by atoms with Gasteiger partial charge >= 0.3 is 18.0 Å². The molecule has 0 aromatic rings. The Labute approximate surface area is 111 Å². The number of carboxylic acids is 2. The summed E-state index contributed by atoms with van der Waals surface area (Å²) in [5.41, 5.74) is 0. The van der Waals surface area contributed by atoms with E-state index in [0.29, 0.717) is 0 Å². The van der Waals surface area contributed by atoms with Gasteiger partial charge in [0.25, 0.3) is 0 Å². The van der Waals surface area contributed by atoms with Crippen LogP contribution in [0.1, 0.15) is 20.3 Å². The highest BCUT2D eigenvalue weighted by molar-refractivity contribution is 5.86. The predicted molar refractivity (Wildman–Crippen MR) is 65.8 cm³/mol. The molecule has 2 atom stereocenters. The standard InChI is InChI=1S/C11H20N2O6/c1-6(2)8(5-19-3)13-11(18)12-7(10(16)17)4-9(14)15/h6-8H,4-5H2,1-3H3,(H,14,15)(H,16,17)(H2,12,13,18). The Morgan fingerprint density at radius 3 is 2.11 bits per heavy atom. The van der Waals surface area contributed by atoms with Crippen LogP contribution in [0.15, 0.2) is 0 Å². The second kappa shape index (κ2) is 8.30. The van der Waals surface area contributed by atoms with Crippen molar-refractivity contribution in [2.45, 2.75) is 32.4 Å². The molecule has 8 heteroatoms. The lowest BCUT2D eigenvalue weighted by Crippen LogP contribution is -2.52. The third-order valence-electron chi connectivity index (χ3n) is 2.45. The van der Waals surface area contributed by atoms with Crippen LogP contribution in [0.4, 0.5) is 4.79 Å². The number of aliphatic carboxylic acids is 2. The Balaban J connectivity index is 4.47. The highest BCUT2D eigenvalue weighted by atomic mass is 16.5. The van der Waals surface area contributed by atoms with E-state index in [-0.39, 0.29) is 18.6 Å². The smallest absolute Gasteiger partial charge is 0.326 e. The van der Waals surface area contributed by atoms with Crippen LogP contribution in [0.25, 0.3) is 0 Å². The van der Waals surface area contributed by atoms with Gasteiger partial charge in [-0.25, -0.2) is 9.59 Å². The molecule has 0 spiro atoms. The van der Waals surface area contributed by atoms with Crippen molar-refractivity contribution in [2.75, 3.05) is 13.7 Å². The first-order valence-corrected chi connectivity index (χ1v) is 5.78. The SMILES string of the molecule is COCC(NC(=O)NC(CC(=O)O)C(=O)O)C(C)C. The van der Waals surface area contributed by atoms with Crippen LogP contribution >= 0.6 is 0 Å². The molecule has 0 saturated heterocycles. The molecule has 0 bridgehead atoms. The summed E-state index contributed by atoms with van der Waals surface area (Å²) in [7, 11) is 1.49. The topological polar surface area (TPSA) is 125 Å². The van der Waals surface area contributed by atoms with Crippen LogP contribution in [0.5, 0.6) is 0 Å². The van der Waals surface area contributed by atoms with E-state index in [0.717, 1.165) is 0 Å². The van der Waals surface area contributed by atoms with E-state index >= 15 is 0 Å². The minimum Gasteiger partial charge on any atom is -0.481 e. The maximum Gasteiger partial charge on any atom is 0.326 e. The quantitative estimate of drug-likeness (QED) is 0.490. The van der Waals surface area contributed by atoms with Crippen molar-refractivity contribution in [3.63, 3.8) is 0 Å². The van der Waals surface area contributed by atoms with E-state index in [1.165, 1.54) is 7.11 Å². The number of urea groups is 1. The molecule has 110 valence electrons. The summed E-state index contributed by atoms with van der Waals surface area (Å²) < 4.78 is 4.93. The molecule has 0 aromatic heterocycles. The molecule has 2 amide bonds. The van der Waals surface area contributed by atoms with Crippen molar-refractivity contribution < 1.29 is 29.3 Å². The summed E-state index contributed by atoms with van der Waals surface area (Å²) in [6.45, 7) is 4.02. The minimum atomic E-state index is -1.46. The van der Waals surface area contributed by atoms with Crippen LogP contribution in [0, 0.1) is 5.92 Å². The van der Waals surface area contributed by atoms with Crippen molar-refractivity contribution in [3.8, 4) is 0 Å². The summed E-state index contributed by atoms with van der Waals surface area (Å²) in [6.07, 6.45) is -0.681. The summed E-state index contributed by atoms with van der Waals surface area (Å²) in [4.78, 5) is 32.9. The molecule has 0 saturated carbocycles. The van der Waals surface area contributed by atoms with Crippen molar-refractivity contribution in [2.24, 2.45) is 5.92 Å². The Kier molecular flexibility index (Phi) is 7.50. The van der Waals surface area contributed by atoms with Crippen LogP contribution in [0.2, 0.25) is 0 Å². The van der Waals surface area contributed by atoms with E-state index in [2.05, 4.69) is 10.6 Å². The van der Waals surface area contributed by atoms with E-state index in [9.17, 15) is 14.4 Å². The van der Waals surface area contributed by atoms with E-state index in [4.69, 9.17) is 14.9 Å². The molecule has 0 fully saturated rings. The van der Waals surface area contributed by atoms with Crippen LogP contribution < -0.4 is 10.6 Å². The highest BCUT2D eigenvalue weighted by Gasteiger charge is 2.24. The van der Waals surface area contributed by atoms with E-state index < -0.39 is 30.4 Å². The number of amides is 2. The number of methoxy groups -OCH3 is 1. The van der Waals surface area contributed by atoms with Gasteiger partial charge in [0.15, 0.2) is 0 Å². The maximum absolute atomic E-state index is 11.6. The molecule has 2 unspecified atom stereocenters. The number of carboxylic acid groups (broad SMARTS) is 2. The number of ether oxygens (including phenoxy) is 1. The molecule has 0 aliphatic heterocycles. The maximum atomic E-state index is 11.6. The molecule has 0 aromatic carbocycles.